The standard InChI is InChI=1S/C28H24F3NO4/c1-28(2,3)19-13-16(7-12-22(19)36-4)25(33)23-24(15-5-8-17(29)9-6-15)32(27(35)26(23)34)18-10-11-20(30)21(31)14-18/h5-14,24,33H,1-4H3/b25-23-. The number of aliphatic hydroxyl groups is 1. The molecule has 4 rings (SSSR count). The quantitative estimate of drug-likeness (QED) is 0.272. The summed E-state index contributed by atoms with van der Waals surface area (Å²) in [4.78, 5) is 27.4. The predicted octanol–water partition coefficient (Wildman–Crippen LogP) is 6.04. The van der Waals surface area contributed by atoms with Crippen LogP contribution in [-0.4, -0.2) is 23.9 Å². The van der Waals surface area contributed by atoms with Crippen molar-refractivity contribution >= 4 is 23.1 Å². The molecule has 0 spiro atoms. The molecule has 1 N–H and O–H groups in total. The Morgan fingerprint density at radius 3 is 2.17 bits per heavy atom. The van der Waals surface area contributed by atoms with Gasteiger partial charge in [0.25, 0.3) is 11.7 Å². The predicted molar refractivity (Wildman–Crippen MR) is 129 cm³/mol. The fraction of sp³-hybridized carbons (Fsp3) is 0.214. The molecule has 1 atom stereocenters. The van der Waals surface area contributed by atoms with Gasteiger partial charge in [0.15, 0.2) is 11.6 Å². The van der Waals surface area contributed by atoms with Gasteiger partial charge in [-0.25, -0.2) is 13.2 Å². The number of methoxy groups -OCH3 is 1. The van der Waals surface area contributed by atoms with Gasteiger partial charge in [-0.3, -0.25) is 14.5 Å². The van der Waals surface area contributed by atoms with Crippen LogP contribution in [0.25, 0.3) is 5.76 Å². The number of carbonyl (C=O) groups is 2. The molecule has 0 aromatic heterocycles. The summed E-state index contributed by atoms with van der Waals surface area (Å²) < 4.78 is 46.8. The molecule has 3 aromatic carbocycles. The van der Waals surface area contributed by atoms with Gasteiger partial charge in [-0.05, 0) is 53.4 Å². The van der Waals surface area contributed by atoms with E-state index < -0.39 is 40.9 Å². The molecule has 186 valence electrons. The van der Waals surface area contributed by atoms with E-state index >= 15 is 0 Å². The normalized spacial score (nSPS) is 17.5. The van der Waals surface area contributed by atoms with Gasteiger partial charge in [0.2, 0.25) is 0 Å². The first-order chi connectivity index (χ1) is 16.9. The van der Waals surface area contributed by atoms with Crippen LogP contribution in [0.15, 0.2) is 66.2 Å². The zero-order valence-electron chi connectivity index (χ0n) is 20.1. The topological polar surface area (TPSA) is 66.8 Å². The molecule has 1 fully saturated rings. The van der Waals surface area contributed by atoms with Crippen LogP contribution >= 0.6 is 0 Å². The van der Waals surface area contributed by atoms with Gasteiger partial charge in [0.1, 0.15) is 17.3 Å². The van der Waals surface area contributed by atoms with Crippen molar-refractivity contribution in [1.29, 1.82) is 0 Å². The van der Waals surface area contributed by atoms with Gasteiger partial charge in [0.05, 0.1) is 18.7 Å². The maximum absolute atomic E-state index is 14.1. The van der Waals surface area contributed by atoms with Crippen molar-refractivity contribution in [2.24, 2.45) is 0 Å². The van der Waals surface area contributed by atoms with Crippen LogP contribution in [0.3, 0.4) is 0 Å². The molecule has 5 nitrogen and oxygen atoms in total. The molecule has 1 heterocycles. The average Bonchev–Trinajstić information content (AvgIpc) is 3.10. The van der Waals surface area contributed by atoms with Gasteiger partial charge in [-0.2, -0.15) is 0 Å². The molecule has 36 heavy (non-hydrogen) atoms. The molecule has 0 saturated carbocycles. The highest BCUT2D eigenvalue weighted by Gasteiger charge is 2.47. The van der Waals surface area contributed by atoms with Gasteiger partial charge in [-0.1, -0.05) is 32.9 Å². The monoisotopic (exact) mass is 495 g/mol. The van der Waals surface area contributed by atoms with Crippen LogP contribution in [0.4, 0.5) is 18.9 Å². The van der Waals surface area contributed by atoms with Crippen LogP contribution < -0.4 is 9.64 Å². The number of halogens is 3. The highest BCUT2D eigenvalue weighted by molar-refractivity contribution is 6.51. The minimum atomic E-state index is -1.21. The van der Waals surface area contributed by atoms with Gasteiger partial charge in [-0.15, -0.1) is 0 Å². The lowest BCUT2D eigenvalue weighted by molar-refractivity contribution is -0.132. The summed E-state index contributed by atoms with van der Waals surface area (Å²) in [5.41, 5.74) is 0.580. The molecular weight excluding hydrogens is 471 g/mol. The van der Waals surface area contributed by atoms with Gasteiger partial charge in [0, 0.05) is 22.9 Å². The van der Waals surface area contributed by atoms with Crippen molar-refractivity contribution < 1.29 is 32.6 Å². The van der Waals surface area contributed by atoms with Crippen LogP contribution in [0.1, 0.15) is 43.5 Å². The molecule has 1 aliphatic rings. The van der Waals surface area contributed by atoms with E-state index in [1.54, 1.807) is 18.2 Å². The van der Waals surface area contributed by atoms with Crippen molar-refractivity contribution in [3.63, 3.8) is 0 Å². The number of carbonyl (C=O) groups excluding carboxylic acids is 2. The SMILES string of the molecule is COc1ccc(/C(O)=C2/C(=O)C(=O)N(c3ccc(F)c(F)c3)C2c2ccc(F)cc2)cc1C(C)(C)C. The number of benzene rings is 3. The van der Waals surface area contributed by atoms with Crippen molar-refractivity contribution in [2.75, 3.05) is 12.0 Å². The van der Waals surface area contributed by atoms with E-state index in [4.69, 9.17) is 4.74 Å². The number of hydrogen-bond acceptors (Lipinski definition) is 4. The van der Waals surface area contributed by atoms with Crippen LogP contribution in [0.5, 0.6) is 5.75 Å². The molecule has 3 aromatic rings. The Morgan fingerprint density at radius 1 is 0.917 bits per heavy atom. The number of Topliss-reactive ketones (excluding diaryl/α,β-unsaturated/α-hetero) is 1. The number of rotatable bonds is 4. The largest absolute Gasteiger partial charge is 0.507 e. The lowest BCUT2D eigenvalue weighted by Crippen LogP contribution is -2.29. The summed E-state index contributed by atoms with van der Waals surface area (Å²) in [6.07, 6.45) is 0. The van der Waals surface area contributed by atoms with Crippen molar-refractivity contribution in [1.82, 2.24) is 0 Å². The van der Waals surface area contributed by atoms with E-state index in [1.807, 2.05) is 20.8 Å². The van der Waals surface area contributed by atoms with E-state index in [0.29, 0.717) is 11.3 Å². The Kier molecular flexibility index (Phi) is 6.39. The fourth-order valence-electron chi connectivity index (χ4n) is 4.29. The highest BCUT2D eigenvalue weighted by Crippen LogP contribution is 2.43. The summed E-state index contributed by atoms with van der Waals surface area (Å²) in [6, 6.07) is 11.5. The first-order valence-corrected chi connectivity index (χ1v) is 11.1. The number of ketones is 1. The summed E-state index contributed by atoms with van der Waals surface area (Å²) in [6.45, 7) is 5.86. The smallest absolute Gasteiger partial charge is 0.300 e. The fourth-order valence-corrected chi connectivity index (χ4v) is 4.29. The van der Waals surface area contributed by atoms with Crippen molar-refractivity contribution in [3.8, 4) is 5.75 Å². The number of nitrogens with zero attached hydrogens (tertiary/aromatic N) is 1. The Balaban J connectivity index is 1.96. The molecule has 0 aliphatic carbocycles. The molecule has 1 aliphatic heterocycles. The highest BCUT2D eigenvalue weighted by atomic mass is 19.2. The Morgan fingerprint density at radius 2 is 1.58 bits per heavy atom. The second kappa shape index (κ2) is 9.18. The van der Waals surface area contributed by atoms with Crippen LogP contribution in [0.2, 0.25) is 0 Å². The Bertz CT molecular complexity index is 1390. The minimum absolute atomic E-state index is 0.0884. The zero-order chi connectivity index (χ0) is 26.4. The van der Waals surface area contributed by atoms with E-state index in [1.165, 1.54) is 19.2 Å². The number of hydrogen-bond donors (Lipinski definition) is 1. The second-order valence-electron chi connectivity index (χ2n) is 9.48. The summed E-state index contributed by atoms with van der Waals surface area (Å²) >= 11 is 0. The molecular formula is C28H24F3NO4. The van der Waals surface area contributed by atoms with Crippen LogP contribution in [0, 0.1) is 17.5 Å². The lowest BCUT2D eigenvalue weighted by Gasteiger charge is -2.26. The van der Waals surface area contributed by atoms with E-state index in [0.717, 1.165) is 40.8 Å². The van der Waals surface area contributed by atoms with Crippen molar-refractivity contribution in [3.05, 3.63) is 100 Å². The third-order valence-electron chi connectivity index (χ3n) is 6.09. The molecule has 0 radical (unpaired) electrons. The minimum Gasteiger partial charge on any atom is -0.507 e. The van der Waals surface area contributed by atoms with Gasteiger partial charge < -0.3 is 9.84 Å². The summed E-state index contributed by atoms with van der Waals surface area (Å²) in [5.74, 6) is -4.81. The lowest BCUT2D eigenvalue weighted by atomic mass is 9.84. The third-order valence-corrected chi connectivity index (χ3v) is 6.09. The zero-order valence-corrected chi connectivity index (χ0v) is 20.1. The second-order valence-corrected chi connectivity index (χ2v) is 9.48. The van der Waals surface area contributed by atoms with Gasteiger partial charge >= 0.3 is 0 Å². The molecule has 1 unspecified atom stereocenters. The number of anilines is 1. The number of ether oxygens (including phenoxy) is 1. The third kappa shape index (κ3) is 4.34. The molecule has 1 saturated heterocycles. The maximum Gasteiger partial charge on any atom is 0.300 e. The number of aliphatic hydroxyl groups excluding tert-OH is 1. The molecule has 1 amide bonds. The average molecular weight is 495 g/mol. The van der Waals surface area contributed by atoms with E-state index in [9.17, 15) is 27.9 Å². The molecule has 8 heteroatoms. The summed E-state index contributed by atoms with van der Waals surface area (Å²) in [7, 11) is 1.52. The number of amides is 1. The first-order valence-electron chi connectivity index (χ1n) is 11.1. The van der Waals surface area contributed by atoms with Crippen molar-refractivity contribution in [2.45, 2.75) is 32.2 Å². The Hall–Kier alpha value is -4.07. The summed E-state index contributed by atoms with van der Waals surface area (Å²) in [5, 5.41) is 11.3. The maximum atomic E-state index is 14.1. The first kappa shape index (κ1) is 25.0. The van der Waals surface area contributed by atoms with E-state index in [2.05, 4.69) is 0 Å². The van der Waals surface area contributed by atoms with E-state index in [-0.39, 0.29) is 22.2 Å². The Labute approximate surface area is 206 Å². The molecule has 0 bridgehead atoms. The van der Waals surface area contributed by atoms with Crippen LogP contribution in [-0.2, 0) is 15.0 Å².